The average molecular weight is 506 g/mol. The van der Waals surface area contributed by atoms with E-state index in [2.05, 4.69) is 14.8 Å². The third kappa shape index (κ3) is 4.48. The Hall–Kier alpha value is -3.65. The normalized spacial score (nSPS) is 14.3. The van der Waals surface area contributed by atoms with E-state index in [1.165, 1.54) is 18.3 Å². The Kier molecular flexibility index (Phi) is 6.53. The summed E-state index contributed by atoms with van der Waals surface area (Å²) in [4.78, 5) is 9.22. The van der Waals surface area contributed by atoms with Crippen LogP contribution in [0.2, 0.25) is 0 Å². The van der Waals surface area contributed by atoms with Crippen LogP contribution in [0.5, 0.6) is 5.75 Å². The number of aryl methyl sites for hydroxylation is 1. The first-order valence-corrected chi connectivity index (χ1v) is 13.5. The molecule has 0 spiro atoms. The van der Waals surface area contributed by atoms with E-state index in [4.69, 9.17) is 4.74 Å². The molecule has 0 bridgehead atoms. The Morgan fingerprint density at radius 1 is 0.917 bits per heavy atom. The summed E-state index contributed by atoms with van der Waals surface area (Å²) in [6.45, 7) is 4.58. The Labute approximate surface area is 210 Å². The van der Waals surface area contributed by atoms with Crippen molar-refractivity contribution in [3.8, 4) is 5.75 Å². The van der Waals surface area contributed by atoms with Crippen LogP contribution in [0.15, 0.2) is 82.7 Å². The van der Waals surface area contributed by atoms with Gasteiger partial charge >= 0.3 is 0 Å². The summed E-state index contributed by atoms with van der Waals surface area (Å²) >= 11 is 0. The fraction of sp³-hybridized carbons (Fsp3) is 0.250. The molecule has 0 unspecified atom stereocenters. The molecule has 6 nitrogen and oxygen atoms in total. The topological polar surface area (TPSA) is 62.7 Å². The molecule has 0 aliphatic carbocycles. The maximum atomic E-state index is 13.9. The van der Waals surface area contributed by atoms with E-state index < -0.39 is 9.84 Å². The molecule has 0 amide bonds. The summed E-state index contributed by atoms with van der Waals surface area (Å²) in [7, 11) is -2.24. The molecule has 5 rings (SSSR count). The minimum Gasteiger partial charge on any atom is -0.497 e. The van der Waals surface area contributed by atoms with Crippen LogP contribution >= 0.6 is 0 Å². The van der Waals surface area contributed by atoms with E-state index in [0.29, 0.717) is 43.1 Å². The SMILES string of the molecule is CCc1ccc(S(=O)(=O)c2cnc3ccc(OC)cc3c2N2CCN(c3ccc(F)cc3)CC2)cc1. The number of nitrogens with zero attached hydrogens (tertiary/aromatic N) is 3. The molecule has 1 aliphatic rings. The second-order valence-corrected chi connectivity index (χ2v) is 10.7. The molecular formula is C28H28FN3O3S. The van der Waals surface area contributed by atoms with Crippen LogP contribution in [-0.2, 0) is 16.3 Å². The van der Waals surface area contributed by atoms with E-state index in [0.717, 1.165) is 23.1 Å². The molecule has 8 heteroatoms. The van der Waals surface area contributed by atoms with E-state index in [-0.39, 0.29) is 15.6 Å². The van der Waals surface area contributed by atoms with Gasteiger partial charge in [-0.3, -0.25) is 4.98 Å². The number of halogens is 1. The summed E-state index contributed by atoms with van der Waals surface area (Å²) in [5, 5.41) is 0.732. The van der Waals surface area contributed by atoms with Gasteiger partial charge in [0.15, 0.2) is 0 Å². The van der Waals surface area contributed by atoms with E-state index >= 15 is 0 Å². The van der Waals surface area contributed by atoms with Crippen LogP contribution in [0.25, 0.3) is 10.9 Å². The zero-order valence-electron chi connectivity index (χ0n) is 20.3. The number of anilines is 2. The number of piperazine rings is 1. The van der Waals surface area contributed by atoms with Gasteiger partial charge in [0.2, 0.25) is 9.84 Å². The third-order valence-corrected chi connectivity index (χ3v) is 8.50. The molecule has 4 aromatic rings. The highest BCUT2D eigenvalue weighted by molar-refractivity contribution is 7.91. The van der Waals surface area contributed by atoms with Crippen molar-refractivity contribution in [3.05, 3.63) is 84.3 Å². The first-order chi connectivity index (χ1) is 17.4. The highest BCUT2D eigenvalue weighted by Crippen LogP contribution is 2.38. The van der Waals surface area contributed by atoms with Gasteiger partial charge in [-0.15, -0.1) is 0 Å². The smallest absolute Gasteiger partial charge is 0.210 e. The van der Waals surface area contributed by atoms with Gasteiger partial charge in [-0.25, -0.2) is 12.8 Å². The second kappa shape index (κ2) is 9.78. The number of hydrogen-bond acceptors (Lipinski definition) is 6. The summed E-state index contributed by atoms with van der Waals surface area (Å²) in [6, 6.07) is 19.0. The van der Waals surface area contributed by atoms with Gasteiger partial charge in [-0.05, 0) is 66.6 Å². The molecule has 0 saturated carbocycles. The average Bonchev–Trinajstić information content (AvgIpc) is 2.92. The minimum atomic E-state index is -3.83. The predicted molar refractivity (Wildman–Crippen MR) is 140 cm³/mol. The molecule has 0 atom stereocenters. The fourth-order valence-corrected chi connectivity index (χ4v) is 6.09. The van der Waals surface area contributed by atoms with E-state index in [1.54, 1.807) is 31.4 Å². The molecular weight excluding hydrogens is 477 g/mol. The zero-order valence-corrected chi connectivity index (χ0v) is 21.1. The highest BCUT2D eigenvalue weighted by Gasteiger charge is 2.29. The molecule has 186 valence electrons. The Morgan fingerprint density at radius 3 is 2.22 bits per heavy atom. The van der Waals surface area contributed by atoms with Gasteiger partial charge in [0.1, 0.15) is 16.5 Å². The van der Waals surface area contributed by atoms with Crippen molar-refractivity contribution < 1.29 is 17.5 Å². The first kappa shape index (κ1) is 24.1. The fourth-order valence-electron chi connectivity index (χ4n) is 4.66. The Bertz CT molecular complexity index is 1480. The summed E-state index contributed by atoms with van der Waals surface area (Å²) in [6.07, 6.45) is 2.31. The van der Waals surface area contributed by atoms with Gasteiger partial charge in [-0.1, -0.05) is 19.1 Å². The molecule has 1 fully saturated rings. The number of pyridine rings is 1. The van der Waals surface area contributed by atoms with E-state index in [9.17, 15) is 12.8 Å². The van der Waals surface area contributed by atoms with Crippen molar-refractivity contribution in [1.82, 2.24) is 4.98 Å². The Morgan fingerprint density at radius 2 is 1.58 bits per heavy atom. The zero-order chi connectivity index (χ0) is 25.3. The van der Waals surface area contributed by atoms with Crippen molar-refractivity contribution in [2.45, 2.75) is 23.1 Å². The van der Waals surface area contributed by atoms with Gasteiger partial charge < -0.3 is 14.5 Å². The number of aromatic nitrogens is 1. The number of sulfone groups is 1. The number of rotatable bonds is 6. The summed E-state index contributed by atoms with van der Waals surface area (Å²) in [5.41, 5.74) is 3.36. The number of methoxy groups -OCH3 is 1. The number of benzene rings is 3. The number of hydrogen-bond donors (Lipinski definition) is 0. The Balaban J connectivity index is 1.58. The molecule has 1 aliphatic heterocycles. The van der Waals surface area contributed by atoms with Crippen LogP contribution in [0.1, 0.15) is 12.5 Å². The third-order valence-electron chi connectivity index (χ3n) is 6.73. The van der Waals surface area contributed by atoms with Crippen molar-refractivity contribution in [2.24, 2.45) is 0 Å². The lowest BCUT2D eigenvalue weighted by molar-refractivity contribution is 0.415. The van der Waals surface area contributed by atoms with Crippen molar-refractivity contribution in [3.63, 3.8) is 0 Å². The van der Waals surface area contributed by atoms with Crippen LogP contribution in [-0.4, -0.2) is 46.7 Å². The molecule has 0 radical (unpaired) electrons. The van der Waals surface area contributed by atoms with Gasteiger partial charge in [0, 0.05) is 43.4 Å². The summed E-state index contributed by atoms with van der Waals surface area (Å²) in [5.74, 6) is 0.369. The monoisotopic (exact) mass is 505 g/mol. The lowest BCUT2D eigenvalue weighted by atomic mass is 10.1. The first-order valence-electron chi connectivity index (χ1n) is 12.0. The van der Waals surface area contributed by atoms with Crippen LogP contribution < -0.4 is 14.5 Å². The standard InChI is InChI=1S/C28H28FN3O3S/c1-3-20-4-11-24(12-5-20)36(33,34)27-19-30-26-13-10-23(35-2)18-25(26)28(27)32-16-14-31(15-17-32)22-8-6-21(29)7-9-22/h4-13,18-19H,3,14-17H2,1-2H3. The van der Waals surface area contributed by atoms with Crippen LogP contribution in [0, 0.1) is 5.82 Å². The largest absolute Gasteiger partial charge is 0.497 e. The lowest BCUT2D eigenvalue weighted by Gasteiger charge is -2.38. The molecule has 36 heavy (non-hydrogen) atoms. The van der Waals surface area contributed by atoms with Gasteiger partial charge in [-0.2, -0.15) is 0 Å². The van der Waals surface area contributed by atoms with Crippen molar-refractivity contribution in [1.29, 1.82) is 0 Å². The number of ether oxygens (including phenoxy) is 1. The number of fused-ring (bicyclic) bond motifs is 1. The molecule has 1 aromatic heterocycles. The van der Waals surface area contributed by atoms with Crippen molar-refractivity contribution in [2.75, 3.05) is 43.1 Å². The minimum absolute atomic E-state index is 0.183. The summed E-state index contributed by atoms with van der Waals surface area (Å²) < 4.78 is 46.6. The van der Waals surface area contributed by atoms with Crippen LogP contribution in [0.3, 0.4) is 0 Å². The van der Waals surface area contributed by atoms with E-state index in [1.807, 2.05) is 37.3 Å². The molecule has 3 aromatic carbocycles. The molecule has 2 heterocycles. The van der Waals surface area contributed by atoms with Crippen molar-refractivity contribution >= 4 is 32.1 Å². The molecule has 0 N–H and O–H groups in total. The quantitative estimate of drug-likeness (QED) is 0.363. The maximum absolute atomic E-state index is 13.9. The van der Waals surface area contributed by atoms with Gasteiger partial charge in [0.25, 0.3) is 0 Å². The van der Waals surface area contributed by atoms with Crippen LogP contribution in [0.4, 0.5) is 15.8 Å². The van der Waals surface area contributed by atoms with Gasteiger partial charge in [0.05, 0.1) is 23.2 Å². The maximum Gasteiger partial charge on any atom is 0.210 e. The molecule has 1 saturated heterocycles. The second-order valence-electron chi connectivity index (χ2n) is 8.81. The lowest BCUT2D eigenvalue weighted by Crippen LogP contribution is -2.47. The predicted octanol–water partition coefficient (Wildman–Crippen LogP) is 5.10. The highest BCUT2D eigenvalue weighted by atomic mass is 32.2.